The van der Waals surface area contributed by atoms with E-state index in [2.05, 4.69) is 4.74 Å². The Morgan fingerprint density at radius 2 is 2.00 bits per heavy atom. The van der Waals surface area contributed by atoms with E-state index in [1.807, 2.05) is 0 Å². The minimum Gasteiger partial charge on any atom is -0.394 e. The molecule has 1 unspecified atom stereocenters. The van der Waals surface area contributed by atoms with Gasteiger partial charge >= 0.3 is 0 Å². The lowest BCUT2D eigenvalue weighted by atomic mass is 10.2. The van der Waals surface area contributed by atoms with Crippen LogP contribution in [0.25, 0.3) is 0 Å². The van der Waals surface area contributed by atoms with Crippen LogP contribution in [0, 0.1) is 0 Å². The van der Waals surface area contributed by atoms with Crippen molar-refractivity contribution in [3.8, 4) is 0 Å². The smallest absolute Gasteiger partial charge is 0.189 e. The molecule has 0 aliphatic carbocycles. The molecule has 0 bridgehead atoms. The second-order valence-electron chi connectivity index (χ2n) is 2.18. The van der Waals surface area contributed by atoms with Crippen LogP contribution >= 0.6 is 0 Å². The van der Waals surface area contributed by atoms with Gasteiger partial charge < -0.3 is 20.1 Å². The van der Waals surface area contributed by atoms with E-state index in [1.54, 1.807) is 0 Å². The average molecular weight is 152 g/mol. The summed E-state index contributed by atoms with van der Waals surface area (Å²) in [5.74, 6) is 0. The second kappa shape index (κ2) is 2.79. The van der Waals surface area contributed by atoms with Gasteiger partial charge in [-0.1, -0.05) is 0 Å². The predicted octanol–water partition coefficient (Wildman–Crippen LogP) is -1.61. The molecular formula is C5H9FO4. The number of aliphatic hydroxyl groups is 3. The zero-order chi connectivity index (χ0) is 7.72. The minimum atomic E-state index is -1.81. The number of hydrogen-bond acceptors (Lipinski definition) is 4. The monoisotopic (exact) mass is 152 g/mol. The van der Waals surface area contributed by atoms with Gasteiger partial charge in [-0.3, -0.25) is 0 Å². The van der Waals surface area contributed by atoms with Crippen LogP contribution in [0.4, 0.5) is 4.39 Å². The summed E-state index contributed by atoms with van der Waals surface area (Å²) in [5, 5.41) is 25.8. The molecule has 1 aliphatic heterocycles. The predicted molar refractivity (Wildman–Crippen MR) is 28.9 cm³/mol. The second-order valence-corrected chi connectivity index (χ2v) is 2.18. The average Bonchev–Trinajstić information content (AvgIpc) is 2.17. The van der Waals surface area contributed by atoms with Crippen molar-refractivity contribution in [2.24, 2.45) is 0 Å². The van der Waals surface area contributed by atoms with Crippen LogP contribution in [0.1, 0.15) is 0 Å². The molecule has 0 spiro atoms. The summed E-state index contributed by atoms with van der Waals surface area (Å²) in [6.45, 7) is -0.487. The van der Waals surface area contributed by atoms with Crippen LogP contribution in [0.2, 0.25) is 0 Å². The Bertz CT molecular complexity index is 120. The van der Waals surface area contributed by atoms with Gasteiger partial charge in [0.1, 0.15) is 12.2 Å². The molecule has 0 aromatic rings. The zero-order valence-corrected chi connectivity index (χ0v) is 5.14. The third-order valence-electron chi connectivity index (χ3n) is 1.47. The van der Waals surface area contributed by atoms with Gasteiger partial charge in [0.05, 0.1) is 6.61 Å². The highest BCUT2D eigenvalue weighted by Crippen LogP contribution is 2.21. The maximum absolute atomic E-state index is 12.4. The molecule has 1 fully saturated rings. The van der Waals surface area contributed by atoms with Crippen molar-refractivity contribution < 1.29 is 24.4 Å². The number of rotatable bonds is 1. The standard InChI is InChI=1S/C5H9FO4/c6-3-4(8)2(1-7)10-5(3)9/h2-5,7-9H,1H2/t2-,3-,4-,5?/m1/s1. The van der Waals surface area contributed by atoms with E-state index < -0.39 is 31.3 Å². The van der Waals surface area contributed by atoms with Crippen molar-refractivity contribution in [1.82, 2.24) is 0 Å². The first-order chi connectivity index (χ1) is 4.66. The van der Waals surface area contributed by atoms with Gasteiger partial charge in [0, 0.05) is 0 Å². The third-order valence-corrected chi connectivity index (χ3v) is 1.47. The number of aliphatic hydroxyl groups excluding tert-OH is 3. The Balaban J connectivity index is 2.53. The van der Waals surface area contributed by atoms with Gasteiger partial charge in [0.25, 0.3) is 0 Å². The lowest BCUT2D eigenvalue weighted by molar-refractivity contribution is -0.121. The van der Waals surface area contributed by atoms with Crippen molar-refractivity contribution in [3.63, 3.8) is 0 Å². The third kappa shape index (κ3) is 1.13. The molecule has 10 heavy (non-hydrogen) atoms. The Morgan fingerprint density at radius 3 is 2.20 bits per heavy atom. The van der Waals surface area contributed by atoms with E-state index in [0.717, 1.165) is 0 Å². The van der Waals surface area contributed by atoms with Crippen LogP contribution in [-0.2, 0) is 4.74 Å². The van der Waals surface area contributed by atoms with E-state index in [0.29, 0.717) is 0 Å². The molecule has 1 rings (SSSR count). The normalized spacial score (nSPS) is 48.0. The fraction of sp³-hybridized carbons (Fsp3) is 1.00. The summed E-state index contributed by atoms with van der Waals surface area (Å²) in [6, 6.07) is 0. The van der Waals surface area contributed by atoms with Crippen molar-refractivity contribution in [1.29, 1.82) is 0 Å². The van der Waals surface area contributed by atoms with E-state index in [1.165, 1.54) is 0 Å². The first-order valence-corrected chi connectivity index (χ1v) is 2.93. The molecule has 4 atom stereocenters. The van der Waals surface area contributed by atoms with Crippen molar-refractivity contribution >= 4 is 0 Å². The number of halogens is 1. The molecular weight excluding hydrogens is 143 g/mol. The summed E-state index contributed by atoms with van der Waals surface area (Å²) >= 11 is 0. The van der Waals surface area contributed by atoms with E-state index in [9.17, 15) is 4.39 Å². The van der Waals surface area contributed by atoms with Gasteiger partial charge in [-0.05, 0) is 0 Å². The van der Waals surface area contributed by atoms with E-state index >= 15 is 0 Å². The Hall–Kier alpha value is -0.230. The van der Waals surface area contributed by atoms with Crippen LogP contribution < -0.4 is 0 Å². The Kier molecular flexibility index (Phi) is 2.20. The summed E-state index contributed by atoms with van der Waals surface area (Å²) in [7, 11) is 0. The quantitative estimate of drug-likeness (QED) is 0.423. The number of ether oxygens (including phenoxy) is 1. The summed E-state index contributed by atoms with van der Waals surface area (Å²) in [4.78, 5) is 0. The van der Waals surface area contributed by atoms with Gasteiger partial charge in [-0.2, -0.15) is 0 Å². The van der Waals surface area contributed by atoms with E-state index in [4.69, 9.17) is 15.3 Å². The molecule has 0 amide bonds. The molecule has 0 aromatic heterocycles. The molecule has 0 saturated carbocycles. The fourth-order valence-electron chi connectivity index (χ4n) is 0.859. The summed E-state index contributed by atoms with van der Waals surface area (Å²) in [5.41, 5.74) is 0. The highest BCUT2D eigenvalue weighted by Gasteiger charge is 2.42. The van der Waals surface area contributed by atoms with Gasteiger partial charge in [0.15, 0.2) is 12.5 Å². The van der Waals surface area contributed by atoms with Crippen LogP contribution in [0.3, 0.4) is 0 Å². The first kappa shape index (κ1) is 7.87. The number of alkyl halides is 1. The molecule has 1 heterocycles. The molecule has 0 radical (unpaired) electrons. The molecule has 60 valence electrons. The Morgan fingerprint density at radius 1 is 1.40 bits per heavy atom. The SMILES string of the molecule is OC[C@H]1OC(O)[C@H](F)[C@@H]1O. The van der Waals surface area contributed by atoms with Crippen molar-refractivity contribution in [2.75, 3.05) is 6.61 Å². The maximum atomic E-state index is 12.4. The van der Waals surface area contributed by atoms with Gasteiger partial charge in [-0.15, -0.1) is 0 Å². The largest absolute Gasteiger partial charge is 0.394 e. The zero-order valence-electron chi connectivity index (χ0n) is 5.14. The highest BCUT2D eigenvalue weighted by atomic mass is 19.1. The lowest BCUT2D eigenvalue weighted by Gasteiger charge is -2.08. The van der Waals surface area contributed by atoms with Crippen LogP contribution in [-0.4, -0.2) is 46.6 Å². The van der Waals surface area contributed by atoms with Crippen molar-refractivity contribution in [3.05, 3.63) is 0 Å². The molecule has 1 aliphatic rings. The lowest BCUT2D eigenvalue weighted by Crippen LogP contribution is -2.30. The minimum absolute atomic E-state index is 0.487. The van der Waals surface area contributed by atoms with Crippen LogP contribution in [0.15, 0.2) is 0 Å². The topological polar surface area (TPSA) is 69.9 Å². The summed E-state index contributed by atoms with van der Waals surface area (Å²) in [6.07, 6.45) is -5.82. The Labute approximate surface area is 56.9 Å². The van der Waals surface area contributed by atoms with E-state index in [-0.39, 0.29) is 0 Å². The van der Waals surface area contributed by atoms with Gasteiger partial charge in [0.2, 0.25) is 0 Å². The maximum Gasteiger partial charge on any atom is 0.189 e. The van der Waals surface area contributed by atoms with Crippen molar-refractivity contribution in [2.45, 2.75) is 24.7 Å². The molecule has 0 aromatic carbocycles. The molecule has 5 heteroatoms. The van der Waals surface area contributed by atoms with Crippen LogP contribution in [0.5, 0.6) is 0 Å². The number of hydrogen-bond donors (Lipinski definition) is 3. The fourth-order valence-corrected chi connectivity index (χ4v) is 0.859. The molecule has 4 nitrogen and oxygen atoms in total. The van der Waals surface area contributed by atoms with Gasteiger partial charge in [-0.25, -0.2) is 4.39 Å². The highest BCUT2D eigenvalue weighted by molar-refractivity contribution is 4.85. The summed E-state index contributed by atoms with van der Waals surface area (Å²) < 4.78 is 16.8. The molecule has 1 saturated heterocycles. The first-order valence-electron chi connectivity index (χ1n) is 2.93. The molecule has 3 N–H and O–H groups in total.